The van der Waals surface area contributed by atoms with Crippen LogP contribution in [0.15, 0.2) is 64.4 Å². The van der Waals surface area contributed by atoms with Crippen molar-refractivity contribution < 1.29 is 57.3 Å². The van der Waals surface area contributed by atoms with Crippen LogP contribution >= 0.6 is 31.9 Å². The Morgan fingerprint density at radius 2 is 1.72 bits per heavy atom. The van der Waals surface area contributed by atoms with Gasteiger partial charge >= 0.3 is 33.6 Å². The summed E-state index contributed by atoms with van der Waals surface area (Å²) in [6.07, 6.45) is 2.93. The van der Waals surface area contributed by atoms with Crippen LogP contribution in [-0.4, -0.2) is 17.2 Å². The third kappa shape index (κ3) is 3.03. The van der Waals surface area contributed by atoms with Gasteiger partial charge in [0.2, 0.25) is 0 Å². The normalized spacial score (nSPS) is 21.4. The first-order chi connectivity index (χ1) is 12.9. The fraction of sp³-hybridized carbons (Fsp3) is 0.0500. The zero-order valence-corrected chi connectivity index (χ0v) is 23.3. The maximum atomic E-state index is 12.7. The van der Waals surface area contributed by atoms with Gasteiger partial charge in [0.25, 0.3) is 0 Å². The van der Waals surface area contributed by atoms with Crippen LogP contribution in [-0.2, 0) is 42.8 Å². The van der Waals surface area contributed by atoms with Gasteiger partial charge in [-0.3, -0.25) is 4.79 Å². The Kier molecular flexibility index (Phi) is 5.85. The van der Waals surface area contributed by atoms with Crippen LogP contribution in [0.1, 0.15) is 21.5 Å². The molecule has 2 N–H and O–H groups in total. The second-order valence-corrected chi connectivity index (χ2v) is 7.98. The summed E-state index contributed by atoms with van der Waals surface area (Å²) in [5.74, 6) is -0.522. The average Bonchev–Trinajstić information content (AvgIpc) is 2.93. The predicted molar refractivity (Wildman–Crippen MR) is 104 cm³/mol. The van der Waals surface area contributed by atoms with E-state index in [1.54, 1.807) is 30.3 Å². The Labute approximate surface area is 202 Å². The summed E-state index contributed by atoms with van der Waals surface area (Å²) >= 11 is 6.52. The quantitative estimate of drug-likeness (QED) is 0.310. The maximum Gasteiger partial charge on any atom is 1.00 e. The first kappa shape index (κ1) is 22.2. The SMILES string of the molecule is O.O=C1C=C2Oc3cc([O-])c(Br)cc3C3(OC(=O)c4ccccc43)C2=C[C]1Br.[Hg+]. The summed E-state index contributed by atoms with van der Waals surface area (Å²) in [6, 6.07) is 9.99. The molecule has 3 aliphatic rings. The van der Waals surface area contributed by atoms with Crippen molar-refractivity contribution in [2.75, 3.05) is 0 Å². The molecule has 2 aromatic carbocycles. The molecule has 142 valence electrons. The fourth-order valence-corrected chi connectivity index (χ4v) is 4.36. The third-order valence-corrected chi connectivity index (χ3v) is 6.06. The Morgan fingerprint density at radius 1 is 1.00 bits per heavy atom. The molecule has 2 aromatic rings. The molecule has 1 spiro atoms. The van der Waals surface area contributed by atoms with E-state index >= 15 is 0 Å². The molecule has 0 saturated heterocycles. The van der Waals surface area contributed by atoms with Gasteiger partial charge in [-0.2, -0.15) is 0 Å². The van der Waals surface area contributed by atoms with Gasteiger partial charge in [0.1, 0.15) is 16.3 Å². The van der Waals surface area contributed by atoms with Crippen LogP contribution in [0.25, 0.3) is 0 Å². The number of fused-ring (bicyclic) bond motifs is 6. The van der Waals surface area contributed by atoms with E-state index in [4.69, 9.17) is 9.47 Å². The summed E-state index contributed by atoms with van der Waals surface area (Å²) in [6.45, 7) is 0. The van der Waals surface area contributed by atoms with E-state index in [2.05, 4.69) is 31.9 Å². The zero-order chi connectivity index (χ0) is 18.9. The monoisotopic (exact) mass is 706 g/mol. The number of hydrogen-bond acceptors (Lipinski definition) is 5. The number of rotatable bonds is 0. The van der Waals surface area contributed by atoms with E-state index in [9.17, 15) is 14.7 Å². The van der Waals surface area contributed by atoms with Gasteiger partial charge in [-0.15, -0.1) is 0 Å². The van der Waals surface area contributed by atoms with Crippen LogP contribution < -0.4 is 9.84 Å². The number of halogens is 2. The fourth-order valence-electron chi connectivity index (χ4n) is 3.67. The number of ether oxygens (including phenoxy) is 2. The van der Waals surface area contributed by atoms with Crippen molar-refractivity contribution in [3.8, 4) is 11.5 Å². The number of benzene rings is 2. The predicted octanol–water partition coefficient (Wildman–Crippen LogP) is 2.82. The van der Waals surface area contributed by atoms with Gasteiger partial charge in [-0.1, -0.05) is 55.8 Å². The van der Waals surface area contributed by atoms with Gasteiger partial charge in [-0.25, -0.2) is 4.79 Å². The molecular weight excluding hydrogens is 697 g/mol. The molecule has 0 amide bonds. The molecule has 0 fully saturated rings. The third-order valence-electron chi connectivity index (χ3n) is 4.82. The van der Waals surface area contributed by atoms with E-state index in [0.29, 0.717) is 31.6 Å². The van der Waals surface area contributed by atoms with Crippen molar-refractivity contribution in [2.45, 2.75) is 5.60 Å². The molecule has 1 aliphatic carbocycles. The van der Waals surface area contributed by atoms with Crippen molar-refractivity contribution >= 4 is 43.6 Å². The second-order valence-electron chi connectivity index (χ2n) is 6.28. The second kappa shape index (κ2) is 7.65. The van der Waals surface area contributed by atoms with Crippen molar-refractivity contribution in [3.63, 3.8) is 0 Å². The van der Waals surface area contributed by atoms with Gasteiger partial charge in [0, 0.05) is 27.2 Å². The van der Waals surface area contributed by atoms with Gasteiger partial charge in [0.05, 0.1) is 5.56 Å². The average molecular weight is 707 g/mol. The summed E-state index contributed by atoms with van der Waals surface area (Å²) in [5.41, 5.74) is 0.803. The van der Waals surface area contributed by atoms with Crippen molar-refractivity contribution in [1.29, 1.82) is 0 Å². The summed E-state index contributed by atoms with van der Waals surface area (Å²) in [7, 11) is 0. The van der Waals surface area contributed by atoms with Crippen LogP contribution in [0.5, 0.6) is 11.5 Å². The van der Waals surface area contributed by atoms with Gasteiger partial charge in [-0.05, 0) is 24.3 Å². The van der Waals surface area contributed by atoms with Crippen LogP contribution in [0, 0.1) is 4.83 Å². The molecule has 0 bridgehead atoms. The number of carbonyl (C=O) groups excluding carboxylic acids is 2. The van der Waals surface area contributed by atoms with Gasteiger partial charge < -0.3 is 20.1 Å². The van der Waals surface area contributed by atoms with Crippen molar-refractivity contribution in [2.24, 2.45) is 0 Å². The number of esters is 1. The molecule has 0 saturated carbocycles. The van der Waals surface area contributed by atoms with Crippen LogP contribution in [0.4, 0.5) is 0 Å². The largest absolute Gasteiger partial charge is 1.00 e. The Bertz CT molecular complexity index is 1130. The summed E-state index contributed by atoms with van der Waals surface area (Å²) in [5, 5.41) is 12.1. The minimum absolute atomic E-state index is 0. The van der Waals surface area contributed by atoms with Crippen LogP contribution in [0.3, 0.4) is 0 Å². The van der Waals surface area contributed by atoms with Crippen molar-refractivity contribution in [1.82, 2.24) is 0 Å². The minimum Gasteiger partial charge on any atom is -0.872 e. The molecule has 1 atom stereocenters. The Morgan fingerprint density at radius 3 is 2.48 bits per heavy atom. The summed E-state index contributed by atoms with van der Waals surface area (Å²) < 4.78 is 12.1. The van der Waals surface area contributed by atoms with E-state index in [-0.39, 0.29) is 56.2 Å². The molecular formula is C20H10Br2HgO6. The Hall–Kier alpha value is -1.48. The van der Waals surface area contributed by atoms with Crippen LogP contribution in [0.2, 0.25) is 0 Å². The maximum absolute atomic E-state index is 12.7. The summed E-state index contributed by atoms with van der Waals surface area (Å²) in [4.78, 5) is 25.1. The molecule has 29 heavy (non-hydrogen) atoms. The molecule has 9 heteroatoms. The number of allylic oxidation sites excluding steroid dienone is 2. The number of hydrogen-bond donors (Lipinski definition) is 0. The topological polar surface area (TPSA) is 107 Å². The molecule has 6 nitrogen and oxygen atoms in total. The number of ketones is 1. The van der Waals surface area contributed by atoms with E-state index in [0.717, 1.165) is 0 Å². The molecule has 5 rings (SSSR count). The van der Waals surface area contributed by atoms with E-state index in [1.165, 1.54) is 12.1 Å². The van der Waals surface area contributed by atoms with E-state index < -0.39 is 11.6 Å². The Balaban J connectivity index is 0.00000120. The van der Waals surface area contributed by atoms with E-state index in [1.807, 2.05) is 6.07 Å². The van der Waals surface area contributed by atoms with Gasteiger partial charge in [0.15, 0.2) is 11.4 Å². The smallest absolute Gasteiger partial charge is 0.872 e. The zero-order valence-electron chi connectivity index (χ0n) is 14.6. The number of carbonyl (C=O) groups is 2. The first-order valence-corrected chi connectivity index (χ1v) is 9.53. The molecule has 2 radical (unpaired) electrons. The molecule has 2 heterocycles. The first-order valence-electron chi connectivity index (χ1n) is 7.94. The molecule has 0 aromatic heterocycles. The minimum atomic E-state index is -1.30. The molecule has 2 aliphatic heterocycles. The molecule has 1 unspecified atom stereocenters. The standard InChI is InChI=1S/C20H9Br2O5.Hg.H2O/c21-13-5-11-17(7-15(13)23)26-18-8-16(24)14(22)6-12(18)20(11)10-4-2-1-3-9(10)19(25)27-20;;/h1-8,23H;;1H2/q;+1;/p-1. The van der Waals surface area contributed by atoms with Crippen molar-refractivity contribution in [3.05, 3.63) is 85.9 Å².